The third-order valence-electron chi connectivity index (χ3n) is 4.03. The lowest BCUT2D eigenvalue weighted by Gasteiger charge is -2.27. The van der Waals surface area contributed by atoms with Crippen LogP contribution in [-0.2, 0) is 0 Å². The van der Waals surface area contributed by atoms with Crippen molar-refractivity contribution in [2.24, 2.45) is 11.7 Å². The van der Waals surface area contributed by atoms with Crippen LogP contribution in [0.1, 0.15) is 18.0 Å². The number of hydrogen-bond donors (Lipinski definition) is 2. The van der Waals surface area contributed by atoms with Crippen LogP contribution in [0.2, 0.25) is 0 Å². The van der Waals surface area contributed by atoms with Gasteiger partial charge in [-0.1, -0.05) is 0 Å². The monoisotopic (exact) mass is 264 g/mol. The van der Waals surface area contributed by atoms with Crippen molar-refractivity contribution < 1.29 is 14.6 Å². The van der Waals surface area contributed by atoms with Crippen molar-refractivity contribution in [3.63, 3.8) is 0 Å². The molecule has 19 heavy (non-hydrogen) atoms. The van der Waals surface area contributed by atoms with Crippen molar-refractivity contribution in [3.8, 4) is 17.2 Å². The van der Waals surface area contributed by atoms with E-state index in [-0.39, 0.29) is 11.8 Å². The molecule has 2 aliphatic rings. The second-order valence-electron chi connectivity index (χ2n) is 5.32. The molecule has 0 bridgehead atoms. The first-order valence-electron chi connectivity index (χ1n) is 6.72. The van der Waals surface area contributed by atoms with Crippen molar-refractivity contribution >= 4 is 0 Å². The van der Waals surface area contributed by atoms with E-state index in [1.54, 1.807) is 12.1 Å². The molecule has 0 radical (unpaired) electrons. The van der Waals surface area contributed by atoms with Crippen LogP contribution in [-0.4, -0.2) is 43.4 Å². The van der Waals surface area contributed by atoms with Crippen LogP contribution < -0.4 is 15.2 Å². The minimum Gasteiger partial charge on any atom is -0.507 e. The number of phenolic OH excluding ortho intramolecular Hbond substituents is 1. The van der Waals surface area contributed by atoms with Gasteiger partial charge in [0.15, 0.2) is 11.5 Å². The number of phenols is 1. The molecule has 2 heterocycles. The van der Waals surface area contributed by atoms with Crippen LogP contribution in [0.3, 0.4) is 0 Å². The molecule has 0 spiro atoms. The Morgan fingerprint density at radius 2 is 2.16 bits per heavy atom. The molecule has 0 saturated carbocycles. The highest BCUT2D eigenvalue weighted by Gasteiger charge is 2.35. The third-order valence-corrected chi connectivity index (χ3v) is 4.03. The summed E-state index contributed by atoms with van der Waals surface area (Å²) >= 11 is 0. The highest BCUT2D eigenvalue weighted by atomic mass is 16.6. The van der Waals surface area contributed by atoms with E-state index in [0.29, 0.717) is 31.4 Å². The summed E-state index contributed by atoms with van der Waals surface area (Å²) in [4.78, 5) is 2.23. The normalized spacial score (nSPS) is 26.6. The maximum Gasteiger partial charge on any atom is 0.169 e. The van der Waals surface area contributed by atoms with Crippen molar-refractivity contribution in [2.75, 3.05) is 33.4 Å². The zero-order chi connectivity index (χ0) is 13.4. The van der Waals surface area contributed by atoms with Crippen molar-refractivity contribution in [3.05, 3.63) is 17.7 Å². The first-order valence-corrected chi connectivity index (χ1v) is 6.72. The first kappa shape index (κ1) is 12.6. The molecule has 3 N–H and O–H groups in total. The number of rotatable bonds is 2. The van der Waals surface area contributed by atoms with E-state index in [1.165, 1.54) is 0 Å². The molecular formula is C14H20N2O3. The van der Waals surface area contributed by atoms with Crippen molar-refractivity contribution in [1.29, 1.82) is 0 Å². The van der Waals surface area contributed by atoms with Gasteiger partial charge in [-0.15, -0.1) is 0 Å². The second kappa shape index (κ2) is 4.90. The minimum absolute atomic E-state index is 0.144. The Kier molecular flexibility index (Phi) is 3.24. The standard InChI is InChI=1S/C14H20N2O3/c1-16-8-9(7-15)6-10(16)13-11(17)2-3-12-14(13)19-5-4-18-12/h2-3,9-10,17H,4-8,15H2,1H3. The summed E-state index contributed by atoms with van der Waals surface area (Å²) in [5.74, 6) is 2.16. The lowest BCUT2D eigenvalue weighted by molar-refractivity contribution is 0.164. The lowest BCUT2D eigenvalue weighted by atomic mass is 9.97. The van der Waals surface area contributed by atoms with E-state index in [0.717, 1.165) is 24.3 Å². The fraction of sp³-hybridized carbons (Fsp3) is 0.571. The maximum atomic E-state index is 10.2. The number of nitrogens with two attached hydrogens (primary N) is 1. The van der Waals surface area contributed by atoms with Crippen LogP contribution in [0.15, 0.2) is 12.1 Å². The Balaban J connectivity index is 2.00. The van der Waals surface area contributed by atoms with E-state index in [1.807, 2.05) is 0 Å². The number of benzene rings is 1. The largest absolute Gasteiger partial charge is 0.507 e. The highest BCUT2D eigenvalue weighted by molar-refractivity contribution is 5.55. The molecule has 1 aromatic carbocycles. The van der Waals surface area contributed by atoms with Gasteiger partial charge in [-0.05, 0) is 38.1 Å². The molecule has 5 heteroatoms. The Morgan fingerprint density at radius 3 is 2.89 bits per heavy atom. The summed E-state index contributed by atoms with van der Waals surface area (Å²) < 4.78 is 11.3. The molecule has 104 valence electrons. The minimum atomic E-state index is 0.144. The Bertz CT molecular complexity index is 478. The molecule has 0 aliphatic carbocycles. The molecular weight excluding hydrogens is 244 g/mol. The van der Waals surface area contributed by atoms with E-state index in [4.69, 9.17) is 15.2 Å². The predicted molar refractivity (Wildman–Crippen MR) is 71.6 cm³/mol. The van der Waals surface area contributed by atoms with Gasteiger partial charge in [0, 0.05) is 12.6 Å². The van der Waals surface area contributed by atoms with Gasteiger partial charge in [0.2, 0.25) is 0 Å². The van der Waals surface area contributed by atoms with Gasteiger partial charge < -0.3 is 20.3 Å². The van der Waals surface area contributed by atoms with Crippen LogP contribution in [0.25, 0.3) is 0 Å². The van der Waals surface area contributed by atoms with E-state index >= 15 is 0 Å². The molecule has 0 aromatic heterocycles. The Labute approximate surface area is 112 Å². The average Bonchev–Trinajstić information content (AvgIpc) is 2.80. The maximum absolute atomic E-state index is 10.2. The number of likely N-dealkylation sites (tertiary alicyclic amines) is 1. The molecule has 1 aromatic rings. The highest BCUT2D eigenvalue weighted by Crippen LogP contribution is 2.47. The van der Waals surface area contributed by atoms with Gasteiger partial charge >= 0.3 is 0 Å². The van der Waals surface area contributed by atoms with Gasteiger partial charge in [-0.3, -0.25) is 4.90 Å². The average molecular weight is 264 g/mol. The van der Waals surface area contributed by atoms with Crippen molar-refractivity contribution in [2.45, 2.75) is 12.5 Å². The number of aromatic hydroxyl groups is 1. The molecule has 0 amide bonds. The summed E-state index contributed by atoms with van der Waals surface area (Å²) in [6, 6.07) is 3.60. The zero-order valence-electron chi connectivity index (χ0n) is 11.1. The number of nitrogens with zero attached hydrogens (tertiary/aromatic N) is 1. The quantitative estimate of drug-likeness (QED) is 0.837. The SMILES string of the molecule is CN1CC(CN)CC1c1c(O)ccc2c1OCCO2. The molecule has 2 atom stereocenters. The molecule has 5 nitrogen and oxygen atoms in total. The van der Waals surface area contributed by atoms with E-state index in [2.05, 4.69) is 11.9 Å². The molecule has 1 fully saturated rings. The lowest BCUT2D eigenvalue weighted by Crippen LogP contribution is -2.22. The van der Waals surface area contributed by atoms with Gasteiger partial charge in [0.1, 0.15) is 19.0 Å². The Morgan fingerprint density at radius 1 is 1.37 bits per heavy atom. The van der Waals surface area contributed by atoms with Crippen LogP contribution in [0.4, 0.5) is 0 Å². The number of ether oxygens (including phenoxy) is 2. The van der Waals surface area contributed by atoms with Gasteiger partial charge in [0.05, 0.1) is 5.56 Å². The summed E-state index contributed by atoms with van der Waals surface area (Å²) in [5, 5.41) is 10.2. The summed E-state index contributed by atoms with van der Waals surface area (Å²) in [7, 11) is 2.06. The number of fused-ring (bicyclic) bond motifs is 1. The smallest absolute Gasteiger partial charge is 0.169 e. The summed E-state index contributed by atoms with van der Waals surface area (Å²) in [6.07, 6.45) is 0.945. The van der Waals surface area contributed by atoms with E-state index in [9.17, 15) is 5.11 Å². The van der Waals surface area contributed by atoms with Crippen LogP contribution in [0.5, 0.6) is 17.2 Å². The predicted octanol–water partition coefficient (Wildman–Crippen LogP) is 1.11. The van der Waals surface area contributed by atoms with E-state index < -0.39 is 0 Å². The summed E-state index contributed by atoms with van der Waals surface area (Å²) in [5.41, 5.74) is 6.61. The van der Waals surface area contributed by atoms with Crippen LogP contribution in [0, 0.1) is 5.92 Å². The number of hydrogen-bond acceptors (Lipinski definition) is 5. The van der Waals surface area contributed by atoms with Gasteiger partial charge in [-0.25, -0.2) is 0 Å². The molecule has 1 saturated heterocycles. The molecule has 2 aliphatic heterocycles. The molecule has 2 unspecified atom stereocenters. The Hall–Kier alpha value is -1.46. The van der Waals surface area contributed by atoms with Crippen molar-refractivity contribution in [1.82, 2.24) is 4.90 Å². The topological polar surface area (TPSA) is 68.0 Å². The zero-order valence-corrected chi connectivity index (χ0v) is 11.1. The second-order valence-corrected chi connectivity index (χ2v) is 5.32. The third kappa shape index (κ3) is 2.13. The summed E-state index contributed by atoms with van der Waals surface area (Å²) in [6.45, 7) is 2.71. The fourth-order valence-electron chi connectivity index (χ4n) is 3.06. The molecule has 3 rings (SSSR count). The van der Waals surface area contributed by atoms with Crippen LogP contribution >= 0.6 is 0 Å². The van der Waals surface area contributed by atoms with Gasteiger partial charge in [-0.2, -0.15) is 0 Å². The van der Waals surface area contributed by atoms with Gasteiger partial charge in [0.25, 0.3) is 0 Å². The fourth-order valence-corrected chi connectivity index (χ4v) is 3.06. The first-order chi connectivity index (χ1) is 9.20.